The Balaban J connectivity index is 1.35. The fourth-order valence-corrected chi connectivity index (χ4v) is 5.00. The van der Waals surface area contributed by atoms with E-state index in [1.54, 1.807) is 0 Å². The lowest BCUT2D eigenvalue weighted by Crippen LogP contribution is -2.49. The summed E-state index contributed by atoms with van der Waals surface area (Å²) >= 11 is 0. The maximum absolute atomic E-state index is 12.5. The van der Waals surface area contributed by atoms with Crippen LogP contribution in [0.1, 0.15) is 32.1 Å². The van der Waals surface area contributed by atoms with Gasteiger partial charge in [-0.2, -0.15) is 17.7 Å². The van der Waals surface area contributed by atoms with Crippen molar-refractivity contribution in [2.45, 2.75) is 32.1 Å². The highest BCUT2D eigenvalue weighted by Crippen LogP contribution is 2.26. The molecule has 0 radical (unpaired) electrons. The van der Waals surface area contributed by atoms with Crippen LogP contribution < -0.4 is 9.62 Å². The third-order valence-electron chi connectivity index (χ3n) is 5.30. The van der Waals surface area contributed by atoms with Gasteiger partial charge < -0.3 is 9.32 Å². The Kier molecular flexibility index (Phi) is 5.05. The molecule has 0 spiro atoms. The van der Waals surface area contributed by atoms with Crippen LogP contribution in [0.5, 0.6) is 0 Å². The topological polar surface area (TPSA) is 95.8 Å². The molecule has 1 aromatic carbocycles. The van der Waals surface area contributed by atoms with E-state index in [1.165, 1.54) is 4.31 Å². The summed E-state index contributed by atoms with van der Waals surface area (Å²) in [6.45, 7) is 2.18. The van der Waals surface area contributed by atoms with E-state index in [0.29, 0.717) is 45.0 Å². The molecule has 1 aromatic heterocycles. The van der Waals surface area contributed by atoms with Crippen LogP contribution in [0.4, 0.5) is 6.01 Å². The number of anilines is 1. The van der Waals surface area contributed by atoms with Crippen molar-refractivity contribution in [3.05, 3.63) is 24.3 Å². The normalized spacial score (nSPS) is 20.1. The highest BCUT2D eigenvalue weighted by molar-refractivity contribution is 7.87. The molecule has 0 saturated carbocycles. The molecule has 2 fully saturated rings. The zero-order valence-electron chi connectivity index (χ0n) is 15.1. The Labute approximate surface area is 158 Å². The number of benzene rings is 1. The van der Waals surface area contributed by atoms with Crippen LogP contribution in [0.3, 0.4) is 0 Å². The summed E-state index contributed by atoms with van der Waals surface area (Å²) in [5.74, 6) is -0.719. The minimum atomic E-state index is -3.73. The molecule has 146 valence electrons. The van der Waals surface area contributed by atoms with Crippen molar-refractivity contribution in [3.8, 4) is 0 Å². The van der Waals surface area contributed by atoms with Crippen LogP contribution in [-0.2, 0) is 15.0 Å². The molecule has 2 aliphatic rings. The summed E-state index contributed by atoms with van der Waals surface area (Å²) in [7, 11) is -3.73. The molecule has 4 rings (SSSR count). The molecular weight excluding hydrogens is 368 g/mol. The minimum absolute atomic E-state index is 0.315. The predicted octanol–water partition coefficient (Wildman–Crippen LogP) is 1.89. The van der Waals surface area contributed by atoms with Gasteiger partial charge in [-0.25, -0.2) is 4.72 Å². The van der Waals surface area contributed by atoms with Crippen molar-refractivity contribution in [1.82, 2.24) is 14.0 Å². The van der Waals surface area contributed by atoms with Crippen LogP contribution >= 0.6 is 0 Å². The Bertz CT molecular complexity index is 879. The lowest BCUT2D eigenvalue weighted by molar-refractivity contribution is -0.123. The van der Waals surface area contributed by atoms with Gasteiger partial charge in [-0.05, 0) is 37.8 Å². The monoisotopic (exact) mass is 392 g/mol. The number of rotatable bonds is 4. The summed E-state index contributed by atoms with van der Waals surface area (Å²) in [4.78, 5) is 19.0. The number of para-hydroxylation sites is 2. The molecule has 3 heterocycles. The van der Waals surface area contributed by atoms with Gasteiger partial charge in [0.2, 0.25) is 5.91 Å². The standard InChI is InChI=1S/C18H24N4O4S/c23-17(20-27(24,25)22-10-4-1-5-11-22)14-8-12-21(13-9-14)18-19-15-6-2-3-7-16(15)26-18/h2-3,6-7,14H,1,4-5,8-13H2,(H,20,23). The Hall–Kier alpha value is -2.13. The summed E-state index contributed by atoms with van der Waals surface area (Å²) in [6, 6.07) is 8.13. The third-order valence-corrected chi connectivity index (χ3v) is 6.81. The molecule has 27 heavy (non-hydrogen) atoms. The van der Waals surface area contributed by atoms with E-state index in [9.17, 15) is 13.2 Å². The molecule has 2 saturated heterocycles. The number of hydrogen-bond acceptors (Lipinski definition) is 6. The first kappa shape index (κ1) is 18.2. The molecule has 8 nitrogen and oxygen atoms in total. The molecule has 2 aliphatic heterocycles. The maximum atomic E-state index is 12.5. The number of hydrogen-bond donors (Lipinski definition) is 1. The van der Waals surface area contributed by atoms with E-state index >= 15 is 0 Å². The van der Waals surface area contributed by atoms with Gasteiger partial charge in [0.25, 0.3) is 6.01 Å². The van der Waals surface area contributed by atoms with Crippen molar-refractivity contribution in [1.29, 1.82) is 0 Å². The van der Waals surface area contributed by atoms with Crippen molar-refractivity contribution in [2.24, 2.45) is 5.92 Å². The van der Waals surface area contributed by atoms with Crippen LogP contribution in [0.15, 0.2) is 28.7 Å². The highest BCUT2D eigenvalue weighted by Gasteiger charge is 2.32. The van der Waals surface area contributed by atoms with Crippen LogP contribution in [-0.4, -0.2) is 49.8 Å². The largest absolute Gasteiger partial charge is 0.423 e. The molecule has 0 atom stereocenters. The van der Waals surface area contributed by atoms with Crippen molar-refractivity contribution in [2.75, 3.05) is 31.1 Å². The van der Waals surface area contributed by atoms with Gasteiger partial charge in [-0.1, -0.05) is 18.6 Å². The summed E-state index contributed by atoms with van der Waals surface area (Å²) in [5.41, 5.74) is 1.54. The highest BCUT2D eigenvalue weighted by atomic mass is 32.2. The Morgan fingerprint density at radius 3 is 2.48 bits per heavy atom. The fourth-order valence-electron chi connectivity index (χ4n) is 3.71. The number of carbonyl (C=O) groups excluding carboxylic acids is 1. The number of carbonyl (C=O) groups is 1. The minimum Gasteiger partial charge on any atom is -0.423 e. The van der Waals surface area contributed by atoms with E-state index in [2.05, 4.69) is 9.71 Å². The molecule has 1 N–H and O–H groups in total. The third kappa shape index (κ3) is 3.93. The number of oxazole rings is 1. The first-order valence-electron chi connectivity index (χ1n) is 9.45. The first-order valence-corrected chi connectivity index (χ1v) is 10.9. The van der Waals surface area contributed by atoms with E-state index < -0.39 is 16.1 Å². The van der Waals surface area contributed by atoms with Gasteiger partial charge >= 0.3 is 10.2 Å². The quantitative estimate of drug-likeness (QED) is 0.854. The van der Waals surface area contributed by atoms with E-state index in [-0.39, 0.29) is 5.92 Å². The maximum Gasteiger partial charge on any atom is 0.303 e. The van der Waals surface area contributed by atoms with Gasteiger partial charge in [0.1, 0.15) is 5.52 Å². The Morgan fingerprint density at radius 1 is 1.07 bits per heavy atom. The summed E-state index contributed by atoms with van der Waals surface area (Å²) in [6.07, 6.45) is 3.87. The number of nitrogens with one attached hydrogen (secondary N) is 1. The molecule has 2 aromatic rings. The molecule has 9 heteroatoms. The number of piperidine rings is 2. The number of fused-ring (bicyclic) bond motifs is 1. The van der Waals surface area contributed by atoms with Gasteiger partial charge in [-0.3, -0.25) is 4.79 Å². The first-order chi connectivity index (χ1) is 13.0. The lowest BCUT2D eigenvalue weighted by Gasteiger charge is -2.31. The molecular formula is C18H24N4O4S. The summed E-state index contributed by atoms with van der Waals surface area (Å²) in [5, 5.41) is 0. The van der Waals surface area contributed by atoms with Crippen molar-refractivity contribution in [3.63, 3.8) is 0 Å². The smallest absolute Gasteiger partial charge is 0.303 e. The van der Waals surface area contributed by atoms with Crippen LogP contribution in [0.25, 0.3) is 11.1 Å². The zero-order chi connectivity index (χ0) is 18.9. The van der Waals surface area contributed by atoms with Gasteiger partial charge in [0, 0.05) is 32.1 Å². The van der Waals surface area contributed by atoms with E-state index in [4.69, 9.17) is 4.42 Å². The van der Waals surface area contributed by atoms with Gasteiger partial charge in [0.15, 0.2) is 5.58 Å². The average molecular weight is 392 g/mol. The Morgan fingerprint density at radius 2 is 1.78 bits per heavy atom. The molecule has 1 amide bonds. The fraction of sp³-hybridized carbons (Fsp3) is 0.556. The average Bonchev–Trinajstić information content (AvgIpc) is 3.13. The summed E-state index contributed by atoms with van der Waals surface area (Å²) < 4.78 is 34.2. The van der Waals surface area contributed by atoms with E-state index in [0.717, 1.165) is 30.4 Å². The molecule has 0 aliphatic carbocycles. The van der Waals surface area contributed by atoms with E-state index in [1.807, 2.05) is 29.2 Å². The second kappa shape index (κ2) is 7.47. The van der Waals surface area contributed by atoms with Crippen LogP contribution in [0, 0.1) is 5.92 Å². The van der Waals surface area contributed by atoms with Crippen molar-refractivity contribution < 1.29 is 17.6 Å². The predicted molar refractivity (Wildman–Crippen MR) is 101 cm³/mol. The lowest BCUT2D eigenvalue weighted by atomic mass is 9.97. The SMILES string of the molecule is O=C(NS(=O)(=O)N1CCCCC1)C1CCN(c2nc3ccccc3o2)CC1. The number of nitrogens with zero attached hydrogens (tertiary/aromatic N) is 3. The number of amides is 1. The van der Waals surface area contributed by atoms with Crippen molar-refractivity contribution >= 4 is 33.2 Å². The zero-order valence-corrected chi connectivity index (χ0v) is 16.0. The molecule has 0 bridgehead atoms. The second-order valence-electron chi connectivity index (χ2n) is 7.16. The van der Waals surface area contributed by atoms with Crippen LogP contribution in [0.2, 0.25) is 0 Å². The molecule has 0 unspecified atom stereocenters. The van der Waals surface area contributed by atoms with Gasteiger partial charge in [0.05, 0.1) is 0 Å². The number of aromatic nitrogens is 1. The van der Waals surface area contributed by atoms with Gasteiger partial charge in [-0.15, -0.1) is 0 Å². The second-order valence-corrected chi connectivity index (χ2v) is 8.83.